The highest BCUT2D eigenvalue weighted by molar-refractivity contribution is 7.80. The predicted molar refractivity (Wildman–Crippen MR) is 98.4 cm³/mol. The van der Waals surface area contributed by atoms with Gasteiger partial charge in [0.2, 0.25) is 5.91 Å². The van der Waals surface area contributed by atoms with Crippen molar-refractivity contribution in [3.05, 3.63) is 29.8 Å². The third-order valence-corrected chi connectivity index (χ3v) is 3.55. The number of benzene rings is 1. The van der Waals surface area contributed by atoms with Crippen molar-refractivity contribution in [2.45, 2.75) is 44.9 Å². The van der Waals surface area contributed by atoms with Gasteiger partial charge in [-0.05, 0) is 38.5 Å². The molecule has 0 bridgehead atoms. The lowest BCUT2D eigenvalue weighted by Crippen LogP contribution is -2.53. The van der Waals surface area contributed by atoms with Gasteiger partial charge in [-0.25, -0.2) is 9.59 Å². The molecule has 2 atom stereocenters. The van der Waals surface area contributed by atoms with E-state index in [1.807, 2.05) is 0 Å². The number of aromatic hydroxyl groups is 1. The Bertz CT molecular complexity index is 642. The number of alkyl carbamates (subject to hydrolysis) is 1. The molecule has 0 aliphatic carbocycles. The summed E-state index contributed by atoms with van der Waals surface area (Å²) in [5, 5.41) is 23.2. The zero-order chi connectivity index (χ0) is 19.9. The van der Waals surface area contributed by atoms with E-state index in [2.05, 4.69) is 23.3 Å². The van der Waals surface area contributed by atoms with Crippen molar-refractivity contribution in [1.29, 1.82) is 0 Å². The van der Waals surface area contributed by atoms with Crippen LogP contribution in [-0.2, 0) is 20.7 Å². The lowest BCUT2D eigenvalue weighted by atomic mass is 10.0. The Kier molecular flexibility index (Phi) is 7.76. The minimum Gasteiger partial charge on any atom is -0.508 e. The number of phenolic OH excluding ortho intramolecular Hbond substituents is 1. The van der Waals surface area contributed by atoms with Crippen LogP contribution in [0.5, 0.6) is 5.75 Å². The molecular weight excluding hydrogens is 360 g/mol. The lowest BCUT2D eigenvalue weighted by Gasteiger charge is -2.24. The fourth-order valence-electron chi connectivity index (χ4n) is 1.98. The van der Waals surface area contributed by atoms with E-state index >= 15 is 0 Å². The fraction of sp³-hybridized carbons (Fsp3) is 0.471. The van der Waals surface area contributed by atoms with Gasteiger partial charge in [-0.15, -0.1) is 0 Å². The predicted octanol–water partition coefficient (Wildman–Crippen LogP) is 1.33. The average molecular weight is 384 g/mol. The highest BCUT2D eigenvalue weighted by Crippen LogP contribution is 2.12. The monoisotopic (exact) mass is 384 g/mol. The number of ether oxygens (including phenoxy) is 1. The summed E-state index contributed by atoms with van der Waals surface area (Å²) in [5.74, 6) is -1.94. The molecule has 0 aliphatic heterocycles. The van der Waals surface area contributed by atoms with Gasteiger partial charge < -0.3 is 25.6 Å². The molecule has 9 heteroatoms. The van der Waals surface area contributed by atoms with Crippen LogP contribution >= 0.6 is 12.6 Å². The Morgan fingerprint density at radius 3 is 2.15 bits per heavy atom. The van der Waals surface area contributed by atoms with Crippen LogP contribution in [0.15, 0.2) is 24.3 Å². The molecule has 0 aromatic heterocycles. The smallest absolute Gasteiger partial charge is 0.408 e. The molecule has 2 amide bonds. The number of phenols is 1. The first-order chi connectivity index (χ1) is 12.0. The van der Waals surface area contributed by atoms with Crippen LogP contribution in [0.1, 0.15) is 26.3 Å². The molecule has 26 heavy (non-hydrogen) atoms. The van der Waals surface area contributed by atoms with Crippen LogP contribution in [0.2, 0.25) is 0 Å². The number of rotatable bonds is 7. The van der Waals surface area contributed by atoms with Crippen molar-refractivity contribution >= 4 is 30.6 Å². The van der Waals surface area contributed by atoms with Crippen molar-refractivity contribution in [3.8, 4) is 5.75 Å². The van der Waals surface area contributed by atoms with Gasteiger partial charge in [0, 0.05) is 12.2 Å². The Hall–Kier alpha value is -2.42. The van der Waals surface area contributed by atoms with Gasteiger partial charge in [-0.3, -0.25) is 4.79 Å². The van der Waals surface area contributed by atoms with E-state index in [9.17, 15) is 19.5 Å². The lowest BCUT2D eigenvalue weighted by molar-refractivity contribution is -0.141. The maximum absolute atomic E-state index is 12.5. The molecule has 1 rings (SSSR count). The van der Waals surface area contributed by atoms with Gasteiger partial charge >= 0.3 is 12.1 Å². The van der Waals surface area contributed by atoms with E-state index < -0.39 is 35.7 Å². The largest absolute Gasteiger partial charge is 0.508 e. The van der Waals surface area contributed by atoms with Crippen molar-refractivity contribution < 1.29 is 29.3 Å². The first kappa shape index (κ1) is 21.6. The first-order valence-electron chi connectivity index (χ1n) is 7.93. The third kappa shape index (κ3) is 7.64. The van der Waals surface area contributed by atoms with Gasteiger partial charge in [0.25, 0.3) is 0 Å². The molecule has 4 N–H and O–H groups in total. The highest BCUT2D eigenvalue weighted by Gasteiger charge is 2.28. The van der Waals surface area contributed by atoms with Crippen LogP contribution in [0, 0.1) is 0 Å². The van der Waals surface area contributed by atoms with Crippen molar-refractivity contribution in [2.75, 3.05) is 5.75 Å². The summed E-state index contributed by atoms with van der Waals surface area (Å²) in [4.78, 5) is 35.6. The van der Waals surface area contributed by atoms with Crippen LogP contribution in [0.3, 0.4) is 0 Å². The molecule has 1 aromatic rings. The van der Waals surface area contributed by atoms with Crippen molar-refractivity contribution in [3.63, 3.8) is 0 Å². The van der Waals surface area contributed by atoms with Gasteiger partial charge in [-0.1, -0.05) is 12.1 Å². The van der Waals surface area contributed by atoms with Crippen molar-refractivity contribution in [2.24, 2.45) is 0 Å². The molecule has 0 spiro atoms. The number of carbonyl (C=O) groups excluding carboxylic acids is 2. The SMILES string of the molecule is CC(C)(C)OC(=O)N[C@@H](Cc1ccc(O)cc1)C(=O)N[C@@H](CS)C(=O)O. The van der Waals surface area contributed by atoms with E-state index in [4.69, 9.17) is 9.84 Å². The second-order valence-electron chi connectivity index (χ2n) is 6.65. The summed E-state index contributed by atoms with van der Waals surface area (Å²) < 4.78 is 5.15. The van der Waals surface area contributed by atoms with Gasteiger partial charge in [0.15, 0.2) is 0 Å². The number of nitrogens with one attached hydrogen (secondary N) is 2. The molecule has 0 heterocycles. The Balaban J connectivity index is 2.92. The molecule has 8 nitrogen and oxygen atoms in total. The number of aliphatic carboxylic acids is 1. The standard InChI is InChI=1S/C17H24N2O6S/c1-17(2,3)25-16(24)19-12(8-10-4-6-11(20)7-5-10)14(21)18-13(9-26)15(22)23/h4-7,12-13,20,26H,8-9H2,1-3H3,(H,18,21)(H,19,24)(H,22,23)/t12-,13-/m0/s1. The summed E-state index contributed by atoms with van der Waals surface area (Å²) in [5.41, 5.74) is -0.0880. The Labute approximate surface area is 157 Å². The molecule has 0 saturated heterocycles. The van der Waals surface area contributed by atoms with E-state index in [-0.39, 0.29) is 17.9 Å². The highest BCUT2D eigenvalue weighted by atomic mass is 32.1. The number of hydrogen-bond acceptors (Lipinski definition) is 6. The zero-order valence-electron chi connectivity index (χ0n) is 14.9. The van der Waals surface area contributed by atoms with Gasteiger partial charge in [0.1, 0.15) is 23.4 Å². The van der Waals surface area contributed by atoms with Crippen molar-refractivity contribution in [1.82, 2.24) is 10.6 Å². The molecule has 0 radical (unpaired) electrons. The summed E-state index contributed by atoms with van der Waals surface area (Å²) in [6, 6.07) is 3.85. The molecular formula is C17H24N2O6S. The number of hydrogen-bond donors (Lipinski definition) is 5. The summed E-state index contributed by atoms with van der Waals surface area (Å²) >= 11 is 3.90. The molecule has 144 valence electrons. The first-order valence-corrected chi connectivity index (χ1v) is 8.56. The maximum Gasteiger partial charge on any atom is 0.408 e. The van der Waals surface area contributed by atoms with E-state index in [0.717, 1.165) is 0 Å². The number of carboxylic acids is 1. The average Bonchev–Trinajstić information content (AvgIpc) is 2.51. The van der Waals surface area contributed by atoms with Crippen LogP contribution in [0.25, 0.3) is 0 Å². The van der Waals surface area contributed by atoms with E-state index in [1.54, 1.807) is 32.9 Å². The number of thiol groups is 1. The van der Waals surface area contributed by atoms with E-state index in [1.165, 1.54) is 12.1 Å². The minimum atomic E-state index is -1.23. The molecule has 0 unspecified atom stereocenters. The molecule has 0 saturated carbocycles. The van der Waals surface area contributed by atoms with Gasteiger partial charge in [-0.2, -0.15) is 12.6 Å². The topological polar surface area (TPSA) is 125 Å². The Morgan fingerprint density at radius 2 is 1.69 bits per heavy atom. The minimum absolute atomic E-state index is 0.0656. The number of amides is 2. The van der Waals surface area contributed by atoms with Crippen LogP contribution < -0.4 is 10.6 Å². The summed E-state index contributed by atoms with van der Waals surface area (Å²) in [6.45, 7) is 5.05. The van der Waals surface area contributed by atoms with Crippen LogP contribution in [-0.4, -0.2) is 51.6 Å². The molecule has 0 aliphatic rings. The molecule has 1 aromatic carbocycles. The summed E-state index contributed by atoms with van der Waals surface area (Å²) in [6.07, 6.45) is -0.709. The number of carbonyl (C=O) groups is 3. The third-order valence-electron chi connectivity index (χ3n) is 3.18. The maximum atomic E-state index is 12.5. The Morgan fingerprint density at radius 1 is 1.12 bits per heavy atom. The normalized spacial score (nSPS) is 13.4. The van der Waals surface area contributed by atoms with E-state index in [0.29, 0.717) is 5.56 Å². The zero-order valence-corrected chi connectivity index (χ0v) is 15.7. The molecule has 0 fully saturated rings. The summed E-state index contributed by atoms with van der Waals surface area (Å²) in [7, 11) is 0. The quantitative estimate of drug-likeness (QED) is 0.452. The van der Waals surface area contributed by atoms with Crippen LogP contribution in [0.4, 0.5) is 4.79 Å². The number of carboxylic acid groups (broad SMARTS) is 1. The van der Waals surface area contributed by atoms with Gasteiger partial charge in [0.05, 0.1) is 0 Å². The second kappa shape index (κ2) is 9.33. The fourth-order valence-corrected chi connectivity index (χ4v) is 2.23. The second-order valence-corrected chi connectivity index (χ2v) is 7.02.